The second kappa shape index (κ2) is 10.0. The molecule has 0 bridgehead atoms. The van der Waals surface area contributed by atoms with Crippen LogP contribution in [0.1, 0.15) is 59.8 Å². The highest BCUT2D eigenvalue weighted by molar-refractivity contribution is 6.06. The summed E-state index contributed by atoms with van der Waals surface area (Å²) < 4.78 is 1.91. The van der Waals surface area contributed by atoms with E-state index >= 15 is 0 Å². The lowest BCUT2D eigenvalue weighted by Gasteiger charge is -2.29. The molecule has 4 aromatic rings. The van der Waals surface area contributed by atoms with Crippen molar-refractivity contribution < 1.29 is 4.79 Å². The summed E-state index contributed by atoms with van der Waals surface area (Å²) >= 11 is 0. The molecule has 0 radical (unpaired) electrons. The minimum absolute atomic E-state index is 0.0376. The van der Waals surface area contributed by atoms with Gasteiger partial charge >= 0.3 is 0 Å². The van der Waals surface area contributed by atoms with Crippen molar-refractivity contribution in [2.24, 2.45) is 5.73 Å². The molecule has 1 aliphatic heterocycles. The van der Waals surface area contributed by atoms with Gasteiger partial charge in [-0.2, -0.15) is 5.10 Å². The predicted octanol–water partition coefficient (Wildman–Crippen LogP) is 5.16. The van der Waals surface area contributed by atoms with Gasteiger partial charge in [-0.15, -0.1) is 0 Å². The first-order valence-electron chi connectivity index (χ1n) is 12.6. The third-order valence-corrected chi connectivity index (χ3v) is 6.85. The van der Waals surface area contributed by atoms with Gasteiger partial charge in [-0.3, -0.25) is 4.79 Å². The summed E-state index contributed by atoms with van der Waals surface area (Å²) in [6.07, 6.45) is 5.72. The maximum absolute atomic E-state index is 13.9. The van der Waals surface area contributed by atoms with E-state index in [0.717, 1.165) is 48.0 Å². The first kappa shape index (κ1) is 23.2. The third kappa shape index (κ3) is 4.71. The van der Waals surface area contributed by atoms with Crippen molar-refractivity contribution in [3.05, 3.63) is 83.0 Å². The maximum atomic E-state index is 13.9. The zero-order valence-electron chi connectivity index (χ0n) is 20.6. The molecule has 0 unspecified atom stereocenters. The SMILES string of the molecule is CC(C)n1ncc2c(C(=O)N3CCc4ccccc4C3)cc(-c3cccc(CCCCN)c3)nc21. The molecular weight excluding hydrogens is 434 g/mol. The summed E-state index contributed by atoms with van der Waals surface area (Å²) in [7, 11) is 0. The van der Waals surface area contributed by atoms with Gasteiger partial charge in [0.2, 0.25) is 0 Å². The summed E-state index contributed by atoms with van der Waals surface area (Å²) in [5, 5.41) is 5.40. The lowest BCUT2D eigenvalue weighted by molar-refractivity contribution is 0.0736. The molecule has 2 aromatic carbocycles. The molecule has 2 aromatic heterocycles. The van der Waals surface area contributed by atoms with Crippen molar-refractivity contribution in [2.75, 3.05) is 13.1 Å². The van der Waals surface area contributed by atoms with Crippen molar-refractivity contribution in [1.82, 2.24) is 19.7 Å². The number of pyridine rings is 1. The van der Waals surface area contributed by atoms with Crippen LogP contribution in [0.4, 0.5) is 0 Å². The van der Waals surface area contributed by atoms with Crippen molar-refractivity contribution >= 4 is 16.9 Å². The largest absolute Gasteiger partial charge is 0.334 e. The molecule has 3 heterocycles. The van der Waals surface area contributed by atoms with Gasteiger partial charge in [-0.1, -0.05) is 42.5 Å². The Morgan fingerprint density at radius 2 is 1.89 bits per heavy atom. The van der Waals surface area contributed by atoms with Gasteiger partial charge in [0, 0.05) is 24.7 Å². The molecule has 6 heteroatoms. The summed E-state index contributed by atoms with van der Waals surface area (Å²) in [4.78, 5) is 20.8. The molecule has 0 spiro atoms. The monoisotopic (exact) mass is 467 g/mol. The number of aryl methyl sites for hydroxylation is 1. The van der Waals surface area contributed by atoms with Crippen LogP contribution in [-0.4, -0.2) is 38.7 Å². The summed E-state index contributed by atoms with van der Waals surface area (Å²) in [6, 6.07) is 19.0. The lowest BCUT2D eigenvalue weighted by atomic mass is 9.98. The molecule has 35 heavy (non-hydrogen) atoms. The standard InChI is InChI=1S/C29H33N5O/c1-20(2)34-28-26(18-31-34)25(29(35)33-15-13-22-10-3-4-11-24(22)19-33)17-27(32-28)23-12-7-9-21(16-23)8-5-6-14-30/h3-4,7,9-12,16-18,20H,5-6,8,13-15,19,30H2,1-2H3. The van der Waals surface area contributed by atoms with E-state index in [2.05, 4.69) is 61.4 Å². The van der Waals surface area contributed by atoms with Crippen LogP contribution in [-0.2, 0) is 19.4 Å². The van der Waals surface area contributed by atoms with E-state index in [1.54, 1.807) is 6.20 Å². The number of fused-ring (bicyclic) bond motifs is 2. The Hall–Kier alpha value is -3.51. The molecule has 1 amide bonds. The van der Waals surface area contributed by atoms with Gasteiger partial charge in [0.05, 0.1) is 22.8 Å². The number of amides is 1. The number of carbonyl (C=O) groups excluding carboxylic acids is 1. The number of nitrogens with zero attached hydrogens (tertiary/aromatic N) is 4. The van der Waals surface area contributed by atoms with E-state index in [-0.39, 0.29) is 11.9 Å². The van der Waals surface area contributed by atoms with Gasteiger partial charge in [0.25, 0.3) is 5.91 Å². The third-order valence-electron chi connectivity index (χ3n) is 6.85. The average Bonchev–Trinajstić information content (AvgIpc) is 3.32. The number of benzene rings is 2. The van der Waals surface area contributed by atoms with Crippen LogP contribution in [0, 0.1) is 0 Å². The van der Waals surface area contributed by atoms with Crippen molar-refractivity contribution in [3.63, 3.8) is 0 Å². The van der Waals surface area contributed by atoms with Gasteiger partial charge in [-0.05, 0) is 74.9 Å². The smallest absolute Gasteiger partial charge is 0.255 e. The van der Waals surface area contributed by atoms with Crippen molar-refractivity contribution in [1.29, 1.82) is 0 Å². The minimum atomic E-state index is 0.0376. The Kier molecular flexibility index (Phi) is 6.64. The Morgan fingerprint density at radius 3 is 2.69 bits per heavy atom. The average molecular weight is 468 g/mol. The Bertz CT molecular complexity index is 1360. The molecule has 0 fully saturated rings. The predicted molar refractivity (Wildman–Crippen MR) is 140 cm³/mol. The highest BCUT2D eigenvalue weighted by Crippen LogP contribution is 2.29. The molecular formula is C29H33N5O. The van der Waals surface area contributed by atoms with Crippen molar-refractivity contribution in [3.8, 4) is 11.3 Å². The molecule has 5 rings (SSSR count). The van der Waals surface area contributed by atoms with E-state index < -0.39 is 0 Å². The second-order valence-corrected chi connectivity index (χ2v) is 9.67. The summed E-state index contributed by atoms with van der Waals surface area (Å²) in [6.45, 7) is 6.22. The molecule has 1 aliphatic rings. The normalized spacial score (nSPS) is 13.4. The van der Waals surface area contributed by atoms with Gasteiger partial charge in [0.15, 0.2) is 5.65 Å². The fourth-order valence-electron chi connectivity index (χ4n) is 4.92. The first-order valence-corrected chi connectivity index (χ1v) is 12.6. The van der Waals surface area contributed by atoms with Gasteiger partial charge < -0.3 is 10.6 Å². The number of carbonyl (C=O) groups is 1. The molecule has 0 atom stereocenters. The van der Waals surface area contributed by atoms with E-state index in [4.69, 9.17) is 10.7 Å². The zero-order chi connectivity index (χ0) is 24.4. The second-order valence-electron chi connectivity index (χ2n) is 9.67. The van der Waals surface area contributed by atoms with Crippen LogP contribution in [0.3, 0.4) is 0 Å². The number of hydrogen-bond donors (Lipinski definition) is 1. The highest BCUT2D eigenvalue weighted by atomic mass is 16.2. The summed E-state index contributed by atoms with van der Waals surface area (Å²) in [5.74, 6) is 0.0376. The Balaban J connectivity index is 1.55. The number of unbranched alkanes of at least 4 members (excludes halogenated alkanes) is 1. The van der Waals surface area contributed by atoms with Crippen LogP contribution >= 0.6 is 0 Å². The Morgan fingerprint density at radius 1 is 1.06 bits per heavy atom. The van der Waals surface area contributed by atoms with Crippen LogP contribution in [0.5, 0.6) is 0 Å². The number of nitrogens with two attached hydrogens (primary N) is 1. The molecule has 180 valence electrons. The van der Waals surface area contributed by atoms with Gasteiger partial charge in [0.1, 0.15) is 0 Å². The van der Waals surface area contributed by atoms with Gasteiger partial charge in [-0.25, -0.2) is 9.67 Å². The fourth-order valence-corrected chi connectivity index (χ4v) is 4.92. The number of hydrogen-bond acceptors (Lipinski definition) is 4. The molecule has 0 saturated heterocycles. The zero-order valence-corrected chi connectivity index (χ0v) is 20.6. The van der Waals surface area contributed by atoms with Crippen LogP contribution in [0.2, 0.25) is 0 Å². The number of aromatic nitrogens is 3. The van der Waals surface area contributed by atoms with Crippen molar-refractivity contribution in [2.45, 2.75) is 52.1 Å². The van der Waals surface area contributed by atoms with E-state index in [0.29, 0.717) is 25.2 Å². The number of rotatable bonds is 7. The van der Waals surface area contributed by atoms with E-state index in [1.165, 1.54) is 16.7 Å². The van der Waals surface area contributed by atoms with E-state index in [9.17, 15) is 4.79 Å². The van der Waals surface area contributed by atoms with Crippen LogP contribution in [0.25, 0.3) is 22.3 Å². The van der Waals surface area contributed by atoms with Crippen LogP contribution in [0.15, 0.2) is 60.8 Å². The molecule has 0 aliphatic carbocycles. The van der Waals surface area contributed by atoms with Crippen LogP contribution < -0.4 is 5.73 Å². The quantitative estimate of drug-likeness (QED) is 0.381. The molecule has 6 nitrogen and oxygen atoms in total. The van der Waals surface area contributed by atoms with E-state index in [1.807, 2.05) is 21.7 Å². The fraction of sp³-hybridized carbons (Fsp3) is 0.345. The molecule has 2 N–H and O–H groups in total. The Labute approximate surface area is 206 Å². The topological polar surface area (TPSA) is 77.0 Å². The molecule has 0 saturated carbocycles. The lowest BCUT2D eigenvalue weighted by Crippen LogP contribution is -2.36. The first-order chi connectivity index (χ1) is 17.0. The highest BCUT2D eigenvalue weighted by Gasteiger charge is 2.25. The minimum Gasteiger partial charge on any atom is -0.334 e. The maximum Gasteiger partial charge on any atom is 0.255 e. The summed E-state index contributed by atoms with van der Waals surface area (Å²) in [5.41, 5.74) is 12.7.